The topological polar surface area (TPSA) is 94.1 Å². The minimum Gasteiger partial charge on any atom is -0.376 e. The van der Waals surface area contributed by atoms with E-state index in [1.807, 2.05) is 0 Å². The normalized spacial score (nSPS) is 10.4. The lowest BCUT2D eigenvalue weighted by molar-refractivity contribution is -0.384. The highest BCUT2D eigenvalue weighted by Gasteiger charge is 2.16. The molecule has 2 aromatic rings. The molecule has 1 aromatic heterocycles. The monoisotopic (exact) mass is 288 g/mol. The average molecular weight is 289 g/mol. The first-order chi connectivity index (χ1) is 7.97. The zero-order valence-electron chi connectivity index (χ0n) is 8.14. The molecule has 0 atom stereocenters. The van der Waals surface area contributed by atoms with Crippen LogP contribution in [0, 0.1) is 10.1 Å². The van der Waals surface area contributed by atoms with E-state index in [0.29, 0.717) is 10.6 Å². The van der Waals surface area contributed by atoms with Crippen LogP contribution in [-0.4, -0.2) is 15.0 Å². The Labute approximate surface area is 110 Å². The van der Waals surface area contributed by atoms with E-state index >= 15 is 0 Å². The fraction of sp³-hybridized carbons (Fsp3) is 0. The zero-order valence-corrected chi connectivity index (χ0v) is 10.5. The average Bonchev–Trinajstić information content (AvgIpc) is 2.56. The summed E-state index contributed by atoms with van der Waals surface area (Å²) < 4.78 is 0.722. The highest BCUT2D eigenvalue weighted by atomic mass is 35.5. The summed E-state index contributed by atoms with van der Waals surface area (Å²) in [6, 6.07) is 2.82. The minimum atomic E-state index is -0.554. The third-order valence-corrected chi connectivity index (χ3v) is 3.22. The van der Waals surface area contributed by atoms with Crippen molar-refractivity contribution >= 4 is 61.3 Å². The molecule has 0 saturated carbocycles. The van der Waals surface area contributed by atoms with Crippen LogP contribution in [0.3, 0.4) is 0 Å². The number of thiazole rings is 1. The van der Waals surface area contributed by atoms with Crippen molar-refractivity contribution in [2.24, 2.45) is 5.73 Å². The fourth-order valence-corrected chi connectivity index (χ4v) is 2.59. The van der Waals surface area contributed by atoms with E-state index in [0.717, 1.165) is 4.70 Å². The Bertz CT molecular complexity index is 627. The first-order valence-corrected chi connectivity index (χ1v) is 5.88. The maximum Gasteiger partial charge on any atom is 0.290 e. The Morgan fingerprint density at radius 2 is 2.35 bits per heavy atom. The van der Waals surface area contributed by atoms with E-state index in [1.165, 1.54) is 23.5 Å². The molecule has 0 amide bonds. The van der Waals surface area contributed by atoms with Gasteiger partial charge < -0.3 is 11.1 Å². The van der Waals surface area contributed by atoms with Crippen LogP contribution in [0.1, 0.15) is 0 Å². The molecule has 0 aliphatic rings. The van der Waals surface area contributed by atoms with Gasteiger partial charge in [0, 0.05) is 6.07 Å². The number of nitro benzene ring substituents is 1. The minimum absolute atomic E-state index is 0.0769. The van der Waals surface area contributed by atoms with Crippen molar-refractivity contribution in [3.63, 3.8) is 0 Å². The molecule has 1 heterocycles. The lowest BCUT2D eigenvalue weighted by Crippen LogP contribution is -2.18. The van der Waals surface area contributed by atoms with Crippen molar-refractivity contribution in [3.8, 4) is 0 Å². The second kappa shape index (κ2) is 4.40. The summed E-state index contributed by atoms with van der Waals surface area (Å²) in [5.41, 5.74) is 5.61. The summed E-state index contributed by atoms with van der Waals surface area (Å²) in [5.74, 6) is 0. The van der Waals surface area contributed by atoms with Gasteiger partial charge in [0.1, 0.15) is 5.02 Å². The van der Waals surface area contributed by atoms with Gasteiger partial charge in [-0.15, -0.1) is 0 Å². The Kier molecular flexibility index (Phi) is 3.09. The first-order valence-electron chi connectivity index (χ1n) is 4.28. The van der Waals surface area contributed by atoms with Crippen molar-refractivity contribution in [3.05, 3.63) is 27.3 Å². The van der Waals surface area contributed by atoms with Crippen LogP contribution < -0.4 is 11.1 Å². The lowest BCUT2D eigenvalue weighted by atomic mass is 10.3. The van der Waals surface area contributed by atoms with E-state index in [4.69, 9.17) is 17.3 Å². The summed E-state index contributed by atoms with van der Waals surface area (Å²) in [6.07, 6.45) is 0. The number of anilines is 1. The molecule has 0 saturated heterocycles. The third-order valence-electron chi connectivity index (χ3n) is 1.88. The SMILES string of the molecule is NC(=S)Nc1nc2cc([N+](=O)[O-])c(Cl)cc2s1. The van der Waals surface area contributed by atoms with Gasteiger partial charge >= 0.3 is 0 Å². The molecule has 0 unspecified atom stereocenters. The summed E-state index contributed by atoms with van der Waals surface area (Å²) in [6.45, 7) is 0. The van der Waals surface area contributed by atoms with Crippen LogP contribution >= 0.6 is 35.2 Å². The second-order valence-electron chi connectivity index (χ2n) is 3.04. The number of hydrogen-bond acceptors (Lipinski definition) is 5. The molecule has 0 aliphatic carbocycles. The molecule has 0 radical (unpaired) electrons. The molecule has 17 heavy (non-hydrogen) atoms. The number of nitrogens with zero attached hydrogens (tertiary/aromatic N) is 2. The predicted octanol–water partition coefficient (Wildman–Crippen LogP) is 2.51. The van der Waals surface area contributed by atoms with Crippen molar-refractivity contribution in [1.29, 1.82) is 0 Å². The van der Waals surface area contributed by atoms with Crippen LogP contribution in [-0.2, 0) is 0 Å². The number of rotatable bonds is 2. The highest BCUT2D eigenvalue weighted by Crippen LogP contribution is 2.34. The Morgan fingerprint density at radius 1 is 1.65 bits per heavy atom. The Morgan fingerprint density at radius 3 is 2.94 bits per heavy atom. The van der Waals surface area contributed by atoms with E-state index in [-0.39, 0.29) is 15.8 Å². The van der Waals surface area contributed by atoms with Crippen molar-refractivity contribution < 1.29 is 4.92 Å². The molecule has 0 bridgehead atoms. The molecular weight excluding hydrogens is 284 g/mol. The predicted molar refractivity (Wildman–Crippen MR) is 71.7 cm³/mol. The van der Waals surface area contributed by atoms with Gasteiger partial charge in [0.25, 0.3) is 5.69 Å². The number of aromatic nitrogens is 1. The number of fused-ring (bicyclic) bond motifs is 1. The molecule has 0 spiro atoms. The van der Waals surface area contributed by atoms with E-state index in [9.17, 15) is 10.1 Å². The molecule has 1 aromatic carbocycles. The van der Waals surface area contributed by atoms with Crippen molar-refractivity contribution in [2.75, 3.05) is 5.32 Å². The standard InChI is InChI=1S/C8H5ClN4O2S2/c9-3-1-6-4(2-5(3)13(14)15)11-8(17-6)12-7(10)16/h1-2H,(H3,10,11,12,16). The quantitative estimate of drug-likeness (QED) is 0.501. The van der Waals surface area contributed by atoms with Gasteiger partial charge in [0.05, 0.1) is 15.1 Å². The van der Waals surface area contributed by atoms with Gasteiger partial charge in [-0.05, 0) is 18.3 Å². The molecule has 88 valence electrons. The molecule has 3 N–H and O–H groups in total. The van der Waals surface area contributed by atoms with Crippen LogP contribution in [0.5, 0.6) is 0 Å². The lowest BCUT2D eigenvalue weighted by Gasteiger charge is -1.94. The molecule has 0 fully saturated rings. The molecule has 9 heteroatoms. The summed E-state index contributed by atoms with van der Waals surface area (Å²) >= 11 is 11.7. The van der Waals surface area contributed by atoms with Crippen molar-refractivity contribution in [2.45, 2.75) is 0 Å². The number of halogens is 1. The largest absolute Gasteiger partial charge is 0.376 e. The molecule has 6 nitrogen and oxygen atoms in total. The van der Waals surface area contributed by atoms with Gasteiger partial charge in [0.15, 0.2) is 10.2 Å². The van der Waals surface area contributed by atoms with E-state index < -0.39 is 4.92 Å². The van der Waals surface area contributed by atoms with Crippen molar-refractivity contribution in [1.82, 2.24) is 4.98 Å². The van der Waals surface area contributed by atoms with Crippen LogP contribution in [0.25, 0.3) is 10.2 Å². The summed E-state index contributed by atoms with van der Waals surface area (Å²) in [5, 5.41) is 14.0. The fourth-order valence-electron chi connectivity index (χ4n) is 1.24. The Balaban J connectivity index is 2.54. The number of thiocarbonyl (C=S) groups is 1. The number of hydrogen-bond donors (Lipinski definition) is 2. The van der Waals surface area contributed by atoms with Gasteiger partial charge in [-0.1, -0.05) is 22.9 Å². The summed E-state index contributed by atoms with van der Waals surface area (Å²) in [4.78, 5) is 14.3. The van der Waals surface area contributed by atoms with Gasteiger partial charge in [-0.2, -0.15) is 0 Å². The maximum atomic E-state index is 10.7. The van der Waals surface area contributed by atoms with Gasteiger partial charge in [0.2, 0.25) is 0 Å². The smallest absolute Gasteiger partial charge is 0.290 e. The number of benzene rings is 1. The van der Waals surface area contributed by atoms with Gasteiger partial charge in [-0.3, -0.25) is 10.1 Å². The Hall–Kier alpha value is -1.51. The van der Waals surface area contributed by atoms with Crippen LogP contribution in [0.15, 0.2) is 12.1 Å². The zero-order chi connectivity index (χ0) is 12.6. The van der Waals surface area contributed by atoms with Crippen LogP contribution in [0.2, 0.25) is 5.02 Å². The molecule has 0 aliphatic heterocycles. The highest BCUT2D eigenvalue weighted by molar-refractivity contribution is 7.80. The van der Waals surface area contributed by atoms with Gasteiger partial charge in [-0.25, -0.2) is 4.98 Å². The molecule has 2 rings (SSSR count). The molecular formula is C8H5ClN4O2S2. The number of nitrogens with two attached hydrogens (primary N) is 1. The maximum absolute atomic E-state index is 10.7. The van der Waals surface area contributed by atoms with E-state index in [2.05, 4.69) is 22.5 Å². The van der Waals surface area contributed by atoms with E-state index in [1.54, 1.807) is 0 Å². The van der Waals surface area contributed by atoms with Crippen LogP contribution in [0.4, 0.5) is 10.8 Å². The third kappa shape index (κ3) is 2.43. The summed E-state index contributed by atoms with van der Waals surface area (Å²) in [7, 11) is 0. The first kappa shape index (κ1) is 12.0. The number of nitrogens with one attached hydrogen (secondary N) is 1. The second-order valence-corrected chi connectivity index (χ2v) is 4.91. The number of nitro groups is 1.